The van der Waals surface area contributed by atoms with Crippen molar-refractivity contribution in [2.75, 3.05) is 13.7 Å². The van der Waals surface area contributed by atoms with Crippen molar-refractivity contribution in [2.45, 2.75) is 57.6 Å². The maximum atomic E-state index is 13.2. The molecule has 4 heterocycles. The van der Waals surface area contributed by atoms with Crippen LogP contribution in [0.1, 0.15) is 26.3 Å². The minimum Gasteiger partial charge on any atom is -0.465 e. The maximum Gasteiger partial charge on any atom is 0.324 e. The van der Waals surface area contributed by atoms with E-state index < -0.39 is 48.1 Å². The molecule has 176 valence electrons. The van der Waals surface area contributed by atoms with Gasteiger partial charge in [0, 0.05) is 13.6 Å². The highest BCUT2D eigenvalue weighted by Gasteiger charge is 2.66. The lowest BCUT2D eigenvalue weighted by atomic mass is 9.88. The average Bonchev–Trinajstić information content (AvgIpc) is 3.43. The molecular formula is C24H28N2O7. The Morgan fingerprint density at radius 2 is 1.79 bits per heavy atom. The Kier molecular flexibility index (Phi) is 5.30. The molecule has 0 unspecified atom stereocenters. The molecule has 6 atom stereocenters. The highest BCUT2D eigenvalue weighted by Crippen LogP contribution is 2.48. The van der Waals surface area contributed by atoms with Gasteiger partial charge in [-0.05, 0) is 32.4 Å². The number of amides is 2. The highest BCUT2D eigenvalue weighted by atomic mass is 16.8. The number of nitrogens with zero attached hydrogens (tertiary/aromatic N) is 2. The van der Waals surface area contributed by atoms with Gasteiger partial charge in [-0.25, -0.2) is 0 Å². The fraction of sp³-hybridized carbons (Fsp3) is 0.542. The third-order valence-electron chi connectivity index (χ3n) is 6.71. The zero-order chi connectivity index (χ0) is 23.5. The molecule has 0 aromatic heterocycles. The van der Waals surface area contributed by atoms with Gasteiger partial charge in [-0.15, -0.1) is 0 Å². The van der Waals surface area contributed by atoms with Crippen LogP contribution in [0.25, 0.3) is 0 Å². The number of carbonyl (C=O) groups excluding carboxylic acids is 3. The molecule has 1 aromatic carbocycles. The number of fused-ring (bicyclic) bond motifs is 2. The number of likely N-dealkylation sites (tertiary alicyclic amines) is 2. The van der Waals surface area contributed by atoms with Crippen LogP contribution in [-0.2, 0) is 39.9 Å². The molecule has 0 aliphatic carbocycles. The van der Waals surface area contributed by atoms with E-state index in [0.29, 0.717) is 12.3 Å². The van der Waals surface area contributed by atoms with Crippen LogP contribution in [-0.4, -0.2) is 71.5 Å². The average molecular weight is 456 g/mol. The van der Waals surface area contributed by atoms with Crippen LogP contribution in [0.3, 0.4) is 0 Å². The zero-order valence-electron chi connectivity index (χ0n) is 19.1. The van der Waals surface area contributed by atoms with Gasteiger partial charge < -0.3 is 18.9 Å². The normalized spacial score (nSPS) is 34.8. The summed E-state index contributed by atoms with van der Waals surface area (Å²) in [6.07, 6.45) is 0.736. The van der Waals surface area contributed by atoms with Crippen molar-refractivity contribution >= 4 is 17.8 Å². The molecule has 1 aromatic rings. The molecule has 2 amide bonds. The number of hydrogen-bond acceptors (Lipinski definition) is 8. The first-order chi connectivity index (χ1) is 15.7. The first-order valence-corrected chi connectivity index (χ1v) is 11.2. The summed E-state index contributed by atoms with van der Waals surface area (Å²) in [7, 11) is 1.46. The smallest absolute Gasteiger partial charge is 0.324 e. The first kappa shape index (κ1) is 22.1. The summed E-state index contributed by atoms with van der Waals surface area (Å²) in [4.78, 5) is 42.4. The zero-order valence-corrected chi connectivity index (χ0v) is 19.1. The molecule has 0 saturated carbocycles. The number of benzene rings is 1. The summed E-state index contributed by atoms with van der Waals surface area (Å²) in [5, 5.41) is 0. The van der Waals surface area contributed by atoms with Crippen molar-refractivity contribution < 1.29 is 33.3 Å². The van der Waals surface area contributed by atoms with E-state index in [2.05, 4.69) is 0 Å². The van der Waals surface area contributed by atoms with Gasteiger partial charge in [-0.3, -0.25) is 24.2 Å². The van der Waals surface area contributed by atoms with Crippen LogP contribution >= 0.6 is 0 Å². The van der Waals surface area contributed by atoms with Crippen molar-refractivity contribution in [1.82, 2.24) is 9.80 Å². The summed E-state index contributed by atoms with van der Waals surface area (Å²) in [5.41, 5.74) is 0.942. The van der Waals surface area contributed by atoms with Gasteiger partial charge in [-0.2, -0.15) is 0 Å². The summed E-state index contributed by atoms with van der Waals surface area (Å²) in [6, 6.07) is 8.06. The molecule has 3 fully saturated rings. The summed E-state index contributed by atoms with van der Waals surface area (Å²) < 4.78 is 23.2. The molecule has 3 saturated heterocycles. The van der Waals surface area contributed by atoms with Gasteiger partial charge in [0.25, 0.3) is 0 Å². The fourth-order valence-corrected chi connectivity index (χ4v) is 5.42. The molecule has 0 spiro atoms. The van der Waals surface area contributed by atoms with Gasteiger partial charge in [0.2, 0.25) is 18.1 Å². The van der Waals surface area contributed by atoms with Crippen molar-refractivity contribution in [3.8, 4) is 0 Å². The van der Waals surface area contributed by atoms with E-state index in [4.69, 9.17) is 18.9 Å². The van der Waals surface area contributed by atoms with Gasteiger partial charge in [0.05, 0.1) is 24.5 Å². The molecule has 9 heteroatoms. The Morgan fingerprint density at radius 1 is 1.09 bits per heavy atom. The van der Waals surface area contributed by atoms with E-state index >= 15 is 0 Å². The Morgan fingerprint density at radius 3 is 2.45 bits per heavy atom. The Hall–Kier alpha value is -2.75. The third-order valence-corrected chi connectivity index (χ3v) is 6.71. The van der Waals surface area contributed by atoms with Crippen LogP contribution in [0.5, 0.6) is 0 Å². The van der Waals surface area contributed by atoms with Crippen LogP contribution in [0.15, 0.2) is 42.2 Å². The fourth-order valence-electron chi connectivity index (χ4n) is 5.42. The number of hydrogen-bond donors (Lipinski definition) is 0. The monoisotopic (exact) mass is 456 g/mol. The number of imide groups is 1. The third kappa shape index (κ3) is 3.55. The minimum absolute atomic E-state index is 0.175. The minimum atomic E-state index is -0.912. The second kappa shape index (κ2) is 7.93. The first-order valence-electron chi connectivity index (χ1n) is 11.2. The largest absolute Gasteiger partial charge is 0.465 e. The second-order valence-electron chi connectivity index (χ2n) is 9.24. The van der Waals surface area contributed by atoms with E-state index in [1.165, 1.54) is 7.05 Å². The van der Waals surface area contributed by atoms with E-state index in [9.17, 15) is 14.4 Å². The SMILES string of the molecule is CCOC(=O)[C@H]1[C@H]2C(=O)N(C)C(=O)[C@H]2[C@H](C2=C[C@H]3OC(C)(C)O[C@H]3O2)N1Cc1ccccc1. The molecule has 0 bridgehead atoms. The number of rotatable bonds is 5. The number of carbonyl (C=O) groups is 3. The molecule has 0 N–H and O–H groups in total. The molecule has 4 aliphatic rings. The molecular weight excluding hydrogens is 428 g/mol. The topological polar surface area (TPSA) is 94.6 Å². The Balaban J connectivity index is 1.57. The molecule has 4 aliphatic heterocycles. The number of esters is 1. The molecule has 5 rings (SSSR count). The van der Waals surface area contributed by atoms with Crippen molar-refractivity contribution in [2.24, 2.45) is 11.8 Å². The van der Waals surface area contributed by atoms with Crippen molar-refractivity contribution in [1.29, 1.82) is 0 Å². The summed E-state index contributed by atoms with van der Waals surface area (Å²) >= 11 is 0. The van der Waals surface area contributed by atoms with Crippen molar-refractivity contribution in [3.05, 3.63) is 47.7 Å². The molecule has 33 heavy (non-hydrogen) atoms. The van der Waals surface area contributed by atoms with Gasteiger partial charge in [0.15, 0.2) is 5.79 Å². The number of ether oxygens (including phenoxy) is 4. The summed E-state index contributed by atoms with van der Waals surface area (Å²) in [5.74, 6) is -3.15. The Labute approximate surface area is 192 Å². The van der Waals surface area contributed by atoms with Crippen LogP contribution in [0.2, 0.25) is 0 Å². The Bertz CT molecular complexity index is 1010. The lowest BCUT2D eigenvalue weighted by molar-refractivity contribution is -0.184. The quantitative estimate of drug-likeness (QED) is 0.485. The highest BCUT2D eigenvalue weighted by molar-refractivity contribution is 6.08. The summed E-state index contributed by atoms with van der Waals surface area (Å²) in [6.45, 7) is 5.85. The van der Waals surface area contributed by atoms with Crippen molar-refractivity contribution in [3.63, 3.8) is 0 Å². The van der Waals surface area contributed by atoms with E-state index in [1.807, 2.05) is 41.3 Å². The van der Waals surface area contributed by atoms with E-state index in [-0.39, 0.29) is 18.4 Å². The van der Waals surface area contributed by atoms with Crippen LogP contribution in [0, 0.1) is 11.8 Å². The van der Waals surface area contributed by atoms with Crippen LogP contribution in [0.4, 0.5) is 0 Å². The predicted octanol–water partition coefficient (Wildman–Crippen LogP) is 1.43. The lowest BCUT2D eigenvalue weighted by Crippen LogP contribution is -2.48. The molecule has 9 nitrogen and oxygen atoms in total. The van der Waals surface area contributed by atoms with E-state index in [0.717, 1.165) is 10.5 Å². The van der Waals surface area contributed by atoms with Crippen LogP contribution < -0.4 is 0 Å². The predicted molar refractivity (Wildman–Crippen MR) is 114 cm³/mol. The van der Waals surface area contributed by atoms with Gasteiger partial charge >= 0.3 is 5.97 Å². The lowest BCUT2D eigenvalue weighted by Gasteiger charge is -2.32. The molecule has 0 radical (unpaired) electrons. The van der Waals surface area contributed by atoms with Gasteiger partial charge in [-0.1, -0.05) is 30.3 Å². The standard InChI is InChI=1S/C24H28N2O7/c1-5-30-22(29)19-17-16(20(27)25(4)21(17)28)18(26(19)12-13-9-7-6-8-10-13)14-11-15-23(31-14)33-24(2,3)32-15/h6-11,15-19,23H,5,12H2,1-4H3/t15-,16-,17+,18+,19-,23-/m1/s1. The maximum absolute atomic E-state index is 13.2. The second-order valence-corrected chi connectivity index (χ2v) is 9.24. The van der Waals surface area contributed by atoms with E-state index in [1.54, 1.807) is 20.8 Å². The van der Waals surface area contributed by atoms with Gasteiger partial charge in [0.1, 0.15) is 17.9 Å².